The second kappa shape index (κ2) is 8.04. The molecule has 7 nitrogen and oxygen atoms in total. The standard InChI is InChI=1S/C21H22N2O5/c1-5-28-15-9-7-14(8-10-15)22-19-18(20(24)23(2)21(19)25)13-6-11-16(26-3)17(12-13)27-4/h6-12,22H,5H2,1-4H3. The number of carbonyl (C=O) groups excluding carboxylic acids is 2. The molecule has 0 saturated carbocycles. The Bertz CT molecular complexity index is 934. The fourth-order valence-corrected chi connectivity index (χ4v) is 2.96. The van der Waals surface area contributed by atoms with Gasteiger partial charge in [-0.1, -0.05) is 6.07 Å². The number of likely N-dealkylation sites (N-methyl/N-ethyl adjacent to an activating group) is 1. The molecule has 0 unspecified atom stereocenters. The summed E-state index contributed by atoms with van der Waals surface area (Å²) in [5.41, 5.74) is 1.73. The third-order valence-electron chi connectivity index (χ3n) is 4.39. The zero-order chi connectivity index (χ0) is 20.3. The van der Waals surface area contributed by atoms with Crippen LogP contribution in [0, 0.1) is 0 Å². The molecule has 0 saturated heterocycles. The van der Waals surface area contributed by atoms with Crippen LogP contribution < -0.4 is 19.5 Å². The van der Waals surface area contributed by atoms with Crippen molar-refractivity contribution in [1.82, 2.24) is 4.90 Å². The average molecular weight is 382 g/mol. The van der Waals surface area contributed by atoms with Crippen molar-refractivity contribution >= 4 is 23.1 Å². The Hall–Kier alpha value is -3.48. The highest BCUT2D eigenvalue weighted by Gasteiger charge is 2.37. The van der Waals surface area contributed by atoms with Gasteiger partial charge in [-0.25, -0.2) is 0 Å². The van der Waals surface area contributed by atoms with Gasteiger partial charge in [0.2, 0.25) is 0 Å². The van der Waals surface area contributed by atoms with E-state index in [1.54, 1.807) is 42.5 Å². The molecule has 2 amide bonds. The molecule has 0 radical (unpaired) electrons. The fourth-order valence-electron chi connectivity index (χ4n) is 2.96. The molecule has 0 aliphatic carbocycles. The average Bonchev–Trinajstić information content (AvgIpc) is 2.93. The maximum Gasteiger partial charge on any atom is 0.277 e. The number of methoxy groups -OCH3 is 2. The first-order chi connectivity index (χ1) is 13.5. The van der Waals surface area contributed by atoms with Crippen molar-refractivity contribution in [3.63, 3.8) is 0 Å². The molecule has 1 aliphatic heterocycles. The van der Waals surface area contributed by atoms with E-state index in [1.165, 1.54) is 21.3 Å². The summed E-state index contributed by atoms with van der Waals surface area (Å²) >= 11 is 0. The lowest BCUT2D eigenvalue weighted by molar-refractivity contribution is -0.135. The number of ether oxygens (including phenoxy) is 3. The molecular formula is C21H22N2O5. The third-order valence-corrected chi connectivity index (χ3v) is 4.39. The summed E-state index contributed by atoms with van der Waals surface area (Å²) in [7, 11) is 4.51. The van der Waals surface area contributed by atoms with E-state index in [4.69, 9.17) is 14.2 Å². The van der Waals surface area contributed by atoms with Crippen molar-refractivity contribution in [3.8, 4) is 17.2 Å². The van der Waals surface area contributed by atoms with Crippen LogP contribution in [-0.4, -0.2) is 44.6 Å². The Morgan fingerprint density at radius 1 is 0.929 bits per heavy atom. The molecule has 3 rings (SSSR count). The highest BCUT2D eigenvalue weighted by molar-refractivity contribution is 6.36. The van der Waals surface area contributed by atoms with E-state index >= 15 is 0 Å². The summed E-state index contributed by atoms with van der Waals surface area (Å²) < 4.78 is 16.0. The number of hydrogen-bond acceptors (Lipinski definition) is 6. The minimum atomic E-state index is -0.399. The van der Waals surface area contributed by atoms with Crippen LogP contribution in [0.5, 0.6) is 17.2 Å². The number of imide groups is 1. The Morgan fingerprint density at radius 3 is 2.21 bits per heavy atom. The van der Waals surface area contributed by atoms with Crippen molar-refractivity contribution in [2.45, 2.75) is 6.92 Å². The largest absolute Gasteiger partial charge is 0.494 e. The summed E-state index contributed by atoms with van der Waals surface area (Å²) in [5.74, 6) is 0.961. The van der Waals surface area contributed by atoms with E-state index in [2.05, 4.69) is 5.32 Å². The molecule has 0 spiro atoms. The Labute approximate surface area is 163 Å². The molecule has 1 aliphatic rings. The summed E-state index contributed by atoms with van der Waals surface area (Å²) in [6.07, 6.45) is 0. The number of amides is 2. The zero-order valence-corrected chi connectivity index (χ0v) is 16.2. The van der Waals surface area contributed by atoms with Crippen LogP contribution in [-0.2, 0) is 9.59 Å². The molecule has 0 fully saturated rings. The van der Waals surface area contributed by atoms with E-state index < -0.39 is 5.91 Å². The highest BCUT2D eigenvalue weighted by atomic mass is 16.5. The summed E-state index contributed by atoms with van der Waals surface area (Å²) in [4.78, 5) is 26.5. The molecule has 0 bridgehead atoms. The Balaban J connectivity index is 2.02. The van der Waals surface area contributed by atoms with Gasteiger partial charge < -0.3 is 19.5 Å². The van der Waals surface area contributed by atoms with Gasteiger partial charge in [0, 0.05) is 12.7 Å². The van der Waals surface area contributed by atoms with Crippen molar-refractivity contribution < 1.29 is 23.8 Å². The van der Waals surface area contributed by atoms with Crippen LogP contribution in [0.4, 0.5) is 5.69 Å². The first kappa shape index (κ1) is 19.3. The van der Waals surface area contributed by atoms with Crippen LogP contribution in [0.1, 0.15) is 12.5 Å². The van der Waals surface area contributed by atoms with Gasteiger partial charge >= 0.3 is 0 Å². The minimum absolute atomic E-state index is 0.212. The van der Waals surface area contributed by atoms with E-state index in [1.807, 2.05) is 6.92 Å². The minimum Gasteiger partial charge on any atom is -0.494 e. The van der Waals surface area contributed by atoms with Gasteiger partial charge in [-0.15, -0.1) is 0 Å². The number of benzene rings is 2. The molecule has 0 atom stereocenters. The van der Waals surface area contributed by atoms with Crippen LogP contribution >= 0.6 is 0 Å². The van der Waals surface area contributed by atoms with Crippen molar-refractivity contribution in [2.24, 2.45) is 0 Å². The molecule has 1 N–H and O–H groups in total. The molecule has 2 aromatic carbocycles. The van der Waals surface area contributed by atoms with Gasteiger partial charge in [0.1, 0.15) is 11.4 Å². The van der Waals surface area contributed by atoms with Crippen LogP contribution in [0.2, 0.25) is 0 Å². The highest BCUT2D eigenvalue weighted by Crippen LogP contribution is 2.35. The molecular weight excluding hydrogens is 360 g/mol. The quantitative estimate of drug-likeness (QED) is 0.742. The van der Waals surface area contributed by atoms with Crippen LogP contribution in [0.3, 0.4) is 0 Å². The first-order valence-corrected chi connectivity index (χ1v) is 8.79. The topological polar surface area (TPSA) is 77.1 Å². The monoisotopic (exact) mass is 382 g/mol. The van der Waals surface area contributed by atoms with Crippen molar-refractivity contribution in [2.75, 3.05) is 33.2 Å². The van der Waals surface area contributed by atoms with Crippen molar-refractivity contribution in [1.29, 1.82) is 0 Å². The zero-order valence-electron chi connectivity index (χ0n) is 16.2. The molecule has 1 heterocycles. The van der Waals surface area contributed by atoms with Gasteiger partial charge in [0.15, 0.2) is 11.5 Å². The van der Waals surface area contributed by atoms with Gasteiger partial charge in [-0.2, -0.15) is 0 Å². The lowest BCUT2D eigenvalue weighted by Crippen LogP contribution is -2.27. The van der Waals surface area contributed by atoms with Gasteiger partial charge in [-0.05, 0) is 48.9 Å². The van der Waals surface area contributed by atoms with Crippen molar-refractivity contribution in [3.05, 3.63) is 53.7 Å². The van der Waals surface area contributed by atoms with Crippen LogP contribution in [0.15, 0.2) is 48.2 Å². The predicted molar refractivity (Wildman–Crippen MR) is 105 cm³/mol. The maximum atomic E-state index is 12.7. The molecule has 146 valence electrons. The summed E-state index contributed by atoms with van der Waals surface area (Å²) in [6, 6.07) is 12.3. The first-order valence-electron chi connectivity index (χ1n) is 8.79. The van der Waals surface area contributed by atoms with Gasteiger partial charge in [0.25, 0.3) is 11.8 Å². The number of nitrogens with zero attached hydrogens (tertiary/aromatic N) is 1. The van der Waals surface area contributed by atoms with E-state index in [-0.39, 0.29) is 17.2 Å². The number of rotatable bonds is 7. The lowest BCUT2D eigenvalue weighted by Gasteiger charge is -2.11. The lowest BCUT2D eigenvalue weighted by atomic mass is 10.0. The van der Waals surface area contributed by atoms with Gasteiger partial charge in [0.05, 0.1) is 26.4 Å². The number of nitrogens with one attached hydrogen (secondary N) is 1. The SMILES string of the molecule is CCOc1ccc(NC2=C(c3ccc(OC)c(OC)c3)C(=O)N(C)C2=O)cc1. The number of hydrogen-bond donors (Lipinski definition) is 1. The second-order valence-electron chi connectivity index (χ2n) is 6.07. The smallest absolute Gasteiger partial charge is 0.277 e. The van der Waals surface area contributed by atoms with Crippen LogP contribution in [0.25, 0.3) is 5.57 Å². The number of anilines is 1. The van der Waals surface area contributed by atoms with Gasteiger partial charge in [-0.3, -0.25) is 14.5 Å². The molecule has 2 aromatic rings. The predicted octanol–water partition coefficient (Wildman–Crippen LogP) is 2.92. The molecule has 28 heavy (non-hydrogen) atoms. The summed E-state index contributed by atoms with van der Waals surface area (Å²) in [5, 5.41) is 3.08. The van der Waals surface area contributed by atoms with E-state index in [0.717, 1.165) is 10.6 Å². The normalized spacial score (nSPS) is 13.8. The number of carbonyl (C=O) groups is 2. The Kier molecular flexibility index (Phi) is 5.54. The Morgan fingerprint density at radius 2 is 1.61 bits per heavy atom. The molecule has 0 aromatic heterocycles. The van der Waals surface area contributed by atoms with E-state index in [9.17, 15) is 9.59 Å². The third kappa shape index (κ3) is 3.51. The summed E-state index contributed by atoms with van der Waals surface area (Å²) in [6.45, 7) is 2.48. The van der Waals surface area contributed by atoms with E-state index in [0.29, 0.717) is 29.4 Å². The fraction of sp³-hybridized carbons (Fsp3) is 0.238. The molecule has 7 heteroatoms. The second-order valence-corrected chi connectivity index (χ2v) is 6.07. The maximum absolute atomic E-state index is 12.7.